The summed E-state index contributed by atoms with van der Waals surface area (Å²) in [6.45, 7) is 4.52. The van der Waals surface area contributed by atoms with E-state index in [9.17, 15) is 13.2 Å². The summed E-state index contributed by atoms with van der Waals surface area (Å²) in [5, 5.41) is 9.12. The molecule has 2 aromatic rings. The number of carbonyl (C=O) groups is 1. The highest BCUT2D eigenvalue weighted by molar-refractivity contribution is 7.91. The van der Waals surface area contributed by atoms with Crippen molar-refractivity contribution in [1.82, 2.24) is 9.78 Å². The van der Waals surface area contributed by atoms with Crippen LogP contribution in [0.15, 0.2) is 5.38 Å². The van der Waals surface area contributed by atoms with Crippen molar-refractivity contribution in [2.45, 2.75) is 26.3 Å². The zero-order valence-corrected chi connectivity index (χ0v) is 16.1. The predicted octanol–water partition coefficient (Wildman–Crippen LogP) is 1.94. The Bertz CT molecular complexity index is 976. The van der Waals surface area contributed by atoms with Crippen molar-refractivity contribution < 1.29 is 22.7 Å². The van der Waals surface area contributed by atoms with Crippen molar-refractivity contribution in [1.29, 1.82) is 0 Å². The molecule has 0 bridgehead atoms. The smallest absolute Gasteiger partial charge is 0.269 e. The van der Waals surface area contributed by atoms with Gasteiger partial charge in [0.25, 0.3) is 5.91 Å². The summed E-state index contributed by atoms with van der Waals surface area (Å²) in [6, 6.07) is -0.185. The maximum absolute atomic E-state index is 12.7. The molecule has 0 radical (unpaired) electrons. The topological polar surface area (TPSA) is 99.5 Å². The highest BCUT2D eigenvalue weighted by atomic mass is 32.2. The Morgan fingerprint density at radius 2 is 2.12 bits per heavy atom. The third-order valence-corrected chi connectivity index (χ3v) is 7.31. The molecule has 1 saturated heterocycles. The summed E-state index contributed by atoms with van der Waals surface area (Å²) < 4.78 is 36.3. The Morgan fingerprint density at radius 1 is 1.35 bits per heavy atom. The molecular weight excluding hydrogens is 378 g/mol. The third-order valence-electron chi connectivity index (χ3n) is 4.63. The lowest BCUT2D eigenvalue weighted by Crippen LogP contribution is -2.18. The van der Waals surface area contributed by atoms with E-state index in [4.69, 9.17) is 9.47 Å². The molecule has 2 aromatic heterocycles. The van der Waals surface area contributed by atoms with Crippen LogP contribution >= 0.6 is 11.3 Å². The molecule has 0 aromatic carbocycles. The molecule has 0 saturated carbocycles. The van der Waals surface area contributed by atoms with Crippen LogP contribution in [0.1, 0.15) is 33.5 Å². The maximum Gasteiger partial charge on any atom is 0.269 e. The van der Waals surface area contributed by atoms with E-state index in [0.29, 0.717) is 47.4 Å². The lowest BCUT2D eigenvalue weighted by Gasteiger charge is -2.16. The van der Waals surface area contributed by atoms with Crippen molar-refractivity contribution in [3.8, 4) is 11.5 Å². The van der Waals surface area contributed by atoms with Gasteiger partial charge in [0.2, 0.25) is 0 Å². The van der Waals surface area contributed by atoms with Gasteiger partial charge >= 0.3 is 0 Å². The Morgan fingerprint density at radius 3 is 2.85 bits per heavy atom. The molecule has 1 N–H and O–H groups in total. The van der Waals surface area contributed by atoms with Crippen LogP contribution in [-0.4, -0.2) is 48.8 Å². The number of fused-ring (bicyclic) bond motifs is 1. The number of thiophene rings is 1. The first-order chi connectivity index (χ1) is 12.4. The van der Waals surface area contributed by atoms with Gasteiger partial charge in [0, 0.05) is 5.38 Å². The van der Waals surface area contributed by atoms with E-state index in [-0.39, 0.29) is 23.5 Å². The van der Waals surface area contributed by atoms with Gasteiger partial charge in [0.15, 0.2) is 21.3 Å². The van der Waals surface area contributed by atoms with Gasteiger partial charge in [-0.25, -0.2) is 8.42 Å². The Balaban J connectivity index is 1.59. The number of sulfone groups is 1. The molecule has 140 valence electrons. The first kappa shape index (κ1) is 17.3. The van der Waals surface area contributed by atoms with E-state index < -0.39 is 9.84 Å². The van der Waals surface area contributed by atoms with Gasteiger partial charge in [-0.3, -0.25) is 9.48 Å². The molecule has 0 spiro atoms. The number of aromatic nitrogens is 2. The average Bonchev–Trinajstić information content (AvgIpc) is 3.26. The molecule has 10 heteroatoms. The van der Waals surface area contributed by atoms with Gasteiger partial charge in [0.1, 0.15) is 18.1 Å². The summed E-state index contributed by atoms with van der Waals surface area (Å²) in [4.78, 5) is 13.2. The van der Waals surface area contributed by atoms with E-state index in [1.54, 1.807) is 17.0 Å². The first-order valence-corrected chi connectivity index (χ1v) is 11.0. The molecular formula is C16H19N3O5S2. The van der Waals surface area contributed by atoms with E-state index in [1.807, 2.05) is 6.92 Å². The molecule has 26 heavy (non-hydrogen) atoms. The van der Waals surface area contributed by atoms with E-state index >= 15 is 0 Å². The highest BCUT2D eigenvalue weighted by Gasteiger charge is 2.32. The monoisotopic (exact) mass is 397 g/mol. The number of ether oxygens (including phenoxy) is 2. The molecule has 2 aliphatic rings. The van der Waals surface area contributed by atoms with Crippen LogP contribution in [0.3, 0.4) is 0 Å². The summed E-state index contributed by atoms with van der Waals surface area (Å²) in [7, 11) is -3.01. The van der Waals surface area contributed by atoms with Crippen LogP contribution < -0.4 is 14.8 Å². The zero-order chi connectivity index (χ0) is 18.5. The third kappa shape index (κ3) is 2.96. The molecule has 1 fully saturated rings. The summed E-state index contributed by atoms with van der Waals surface area (Å²) in [5.74, 6) is 1.05. The first-order valence-electron chi connectivity index (χ1n) is 8.30. The number of rotatable bonds is 3. The summed E-state index contributed by atoms with van der Waals surface area (Å²) in [6.07, 6.45) is 0.543. The highest BCUT2D eigenvalue weighted by Crippen LogP contribution is 2.40. The van der Waals surface area contributed by atoms with Crippen molar-refractivity contribution >= 4 is 32.8 Å². The predicted molar refractivity (Wildman–Crippen MR) is 97.3 cm³/mol. The second kappa shape index (κ2) is 6.27. The van der Waals surface area contributed by atoms with Crippen molar-refractivity contribution in [3.63, 3.8) is 0 Å². The Kier molecular flexibility index (Phi) is 4.19. The van der Waals surface area contributed by atoms with Gasteiger partial charge in [0.05, 0.1) is 34.6 Å². The molecule has 1 atom stereocenters. The standard InChI is InChI=1S/C16H19N3O5S2/c1-9-13(10(2)19(18-9)11-3-6-26(21,22)8-11)17-16(20)15-14-12(7-25-15)23-4-5-24-14/h7,11H,3-6,8H2,1-2H3,(H,17,20). The van der Waals surface area contributed by atoms with Crippen LogP contribution in [0.2, 0.25) is 0 Å². The lowest BCUT2D eigenvalue weighted by molar-refractivity contribution is 0.102. The van der Waals surface area contributed by atoms with Crippen molar-refractivity contribution in [2.24, 2.45) is 0 Å². The van der Waals surface area contributed by atoms with Crippen LogP contribution in [-0.2, 0) is 9.84 Å². The largest absolute Gasteiger partial charge is 0.485 e. The number of hydrogen-bond acceptors (Lipinski definition) is 7. The number of hydrogen-bond donors (Lipinski definition) is 1. The number of carbonyl (C=O) groups excluding carboxylic acids is 1. The second-order valence-corrected chi connectivity index (χ2v) is 9.56. The van der Waals surface area contributed by atoms with Crippen molar-refractivity contribution in [2.75, 3.05) is 30.0 Å². The van der Waals surface area contributed by atoms with E-state index in [1.165, 1.54) is 11.3 Å². The quantitative estimate of drug-likeness (QED) is 0.850. The fourth-order valence-electron chi connectivity index (χ4n) is 3.36. The second-order valence-electron chi connectivity index (χ2n) is 6.46. The minimum atomic E-state index is -3.01. The number of aryl methyl sites for hydroxylation is 1. The molecule has 4 rings (SSSR count). The lowest BCUT2D eigenvalue weighted by atomic mass is 10.2. The average molecular weight is 397 g/mol. The molecule has 0 aliphatic carbocycles. The maximum atomic E-state index is 12.7. The zero-order valence-electron chi connectivity index (χ0n) is 14.4. The normalized spacial score (nSPS) is 20.9. The minimum Gasteiger partial charge on any atom is -0.485 e. The summed E-state index contributed by atoms with van der Waals surface area (Å²) >= 11 is 1.27. The van der Waals surface area contributed by atoms with Crippen LogP contribution in [0.5, 0.6) is 11.5 Å². The van der Waals surface area contributed by atoms with Gasteiger partial charge < -0.3 is 14.8 Å². The minimum absolute atomic E-state index is 0.0892. The molecule has 1 unspecified atom stereocenters. The fraction of sp³-hybridized carbons (Fsp3) is 0.500. The number of nitrogens with one attached hydrogen (secondary N) is 1. The SMILES string of the molecule is Cc1nn(C2CCS(=O)(=O)C2)c(C)c1NC(=O)c1scc2c1OCCO2. The Hall–Kier alpha value is -2.07. The Labute approximate surface area is 155 Å². The molecule has 8 nitrogen and oxygen atoms in total. The van der Waals surface area contributed by atoms with E-state index in [0.717, 1.165) is 5.69 Å². The van der Waals surface area contributed by atoms with Crippen LogP contribution in [0, 0.1) is 13.8 Å². The van der Waals surface area contributed by atoms with Crippen LogP contribution in [0.4, 0.5) is 5.69 Å². The summed E-state index contributed by atoms with van der Waals surface area (Å²) in [5.41, 5.74) is 2.02. The number of anilines is 1. The number of nitrogens with zero attached hydrogens (tertiary/aromatic N) is 2. The molecule has 2 aliphatic heterocycles. The van der Waals surface area contributed by atoms with Crippen LogP contribution in [0.25, 0.3) is 0 Å². The molecule has 1 amide bonds. The van der Waals surface area contributed by atoms with Gasteiger partial charge in [-0.1, -0.05) is 0 Å². The fourth-order valence-corrected chi connectivity index (χ4v) is 5.87. The van der Waals surface area contributed by atoms with Gasteiger partial charge in [-0.15, -0.1) is 11.3 Å². The van der Waals surface area contributed by atoms with E-state index in [2.05, 4.69) is 10.4 Å². The van der Waals surface area contributed by atoms with Gasteiger partial charge in [-0.2, -0.15) is 5.10 Å². The van der Waals surface area contributed by atoms with Gasteiger partial charge in [-0.05, 0) is 20.3 Å². The van der Waals surface area contributed by atoms with Crippen molar-refractivity contribution in [3.05, 3.63) is 21.6 Å². The number of amides is 1. The molecule has 4 heterocycles.